The van der Waals surface area contributed by atoms with E-state index < -0.39 is 0 Å². The predicted octanol–water partition coefficient (Wildman–Crippen LogP) is 1.95. The van der Waals surface area contributed by atoms with E-state index in [1.54, 1.807) is 11.3 Å². The van der Waals surface area contributed by atoms with Gasteiger partial charge in [-0.2, -0.15) is 0 Å². The first kappa shape index (κ1) is 9.08. The lowest BCUT2D eigenvalue weighted by Crippen LogP contribution is -2.01. The molecule has 1 N–H and O–H groups in total. The summed E-state index contributed by atoms with van der Waals surface area (Å²) in [7, 11) is 1.83. The van der Waals surface area contributed by atoms with Crippen LogP contribution in [0.15, 0.2) is 17.5 Å². The van der Waals surface area contributed by atoms with Gasteiger partial charge in [-0.15, -0.1) is 21.5 Å². The van der Waals surface area contributed by atoms with Gasteiger partial charge in [0, 0.05) is 7.05 Å². The first-order valence-corrected chi connectivity index (χ1v) is 5.12. The van der Waals surface area contributed by atoms with Gasteiger partial charge in [0.15, 0.2) is 5.82 Å². The first-order valence-electron chi connectivity index (χ1n) is 4.24. The summed E-state index contributed by atoms with van der Waals surface area (Å²) in [5, 5.41) is 13.1. The van der Waals surface area contributed by atoms with Gasteiger partial charge in [0.2, 0.25) is 0 Å². The number of thiophene rings is 1. The monoisotopic (exact) mass is 206 g/mol. The maximum atomic E-state index is 4.27. The molecule has 0 aliphatic heterocycles. The van der Waals surface area contributed by atoms with Crippen LogP contribution in [-0.2, 0) is 0 Å². The lowest BCUT2D eigenvalue weighted by molar-refractivity contribution is 0.918. The molecular formula is C9H10N4S. The molecule has 72 valence electrons. The zero-order valence-corrected chi connectivity index (χ0v) is 8.80. The highest BCUT2D eigenvalue weighted by atomic mass is 32.1. The van der Waals surface area contributed by atoms with E-state index in [-0.39, 0.29) is 0 Å². The molecule has 0 aliphatic carbocycles. The van der Waals surface area contributed by atoms with Crippen LogP contribution in [0.25, 0.3) is 10.6 Å². The largest absolute Gasteiger partial charge is 0.371 e. The van der Waals surface area contributed by atoms with Crippen LogP contribution in [0.2, 0.25) is 0 Å². The van der Waals surface area contributed by atoms with Crippen LogP contribution in [0, 0.1) is 6.92 Å². The van der Waals surface area contributed by atoms with Crippen molar-refractivity contribution in [2.45, 2.75) is 6.92 Å². The van der Waals surface area contributed by atoms with Crippen LogP contribution in [0.4, 0.5) is 5.82 Å². The highest BCUT2D eigenvalue weighted by Crippen LogP contribution is 2.26. The van der Waals surface area contributed by atoms with Gasteiger partial charge in [0.25, 0.3) is 0 Å². The summed E-state index contributed by atoms with van der Waals surface area (Å²) < 4.78 is 0. The zero-order valence-electron chi connectivity index (χ0n) is 7.98. The number of nitrogens with zero attached hydrogens (tertiary/aromatic N) is 3. The molecule has 14 heavy (non-hydrogen) atoms. The third kappa shape index (κ3) is 1.58. The van der Waals surface area contributed by atoms with E-state index in [0.29, 0.717) is 5.82 Å². The second-order valence-corrected chi connectivity index (χ2v) is 3.73. The van der Waals surface area contributed by atoms with Crippen molar-refractivity contribution in [2.24, 2.45) is 0 Å². The minimum Gasteiger partial charge on any atom is -0.371 e. The second-order valence-electron chi connectivity index (χ2n) is 2.78. The van der Waals surface area contributed by atoms with Gasteiger partial charge in [-0.3, -0.25) is 0 Å². The van der Waals surface area contributed by atoms with Crippen molar-refractivity contribution >= 4 is 17.2 Å². The van der Waals surface area contributed by atoms with Crippen LogP contribution in [0.1, 0.15) is 5.82 Å². The number of hydrogen-bond acceptors (Lipinski definition) is 5. The number of aryl methyl sites for hydroxylation is 1. The Bertz CT molecular complexity index is 424. The van der Waals surface area contributed by atoms with E-state index in [1.165, 1.54) is 0 Å². The van der Waals surface area contributed by atoms with Crippen LogP contribution in [0.5, 0.6) is 0 Å². The maximum Gasteiger partial charge on any atom is 0.157 e. The van der Waals surface area contributed by atoms with Crippen LogP contribution in [0.3, 0.4) is 0 Å². The van der Waals surface area contributed by atoms with Gasteiger partial charge in [-0.25, -0.2) is 4.98 Å². The zero-order chi connectivity index (χ0) is 9.97. The molecule has 0 fully saturated rings. The Labute approximate surface area is 86.0 Å². The molecule has 0 atom stereocenters. The molecule has 0 aliphatic rings. The summed E-state index contributed by atoms with van der Waals surface area (Å²) in [5.74, 6) is 1.45. The number of aromatic nitrogens is 3. The van der Waals surface area contributed by atoms with Gasteiger partial charge in [0.05, 0.1) is 4.88 Å². The average Bonchev–Trinajstić information content (AvgIpc) is 2.70. The molecule has 2 rings (SSSR count). The smallest absolute Gasteiger partial charge is 0.157 e. The normalized spacial score (nSPS) is 10.1. The van der Waals surface area contributed by atoms with E-state index in [9.17, 15) is 0 Å². The van der Waals surface area contributed by atoms with Crippen molar-refractivity contribution in [1.82, 2.24) is 15.2 Å². The molecule has 2 aromatic rings. The van der Waals surface area contributed by atoms with Crippen molar-refractivity contribution < 1.29 is 0 Å². The van der Waals surface area contributed by atoms with E-state index in [4.69, 9.17) is 0 Å². The molecule has 5 heteroatoms. The standard InChI is InChI=1S/C9H10N4S/c1-6-11-9(10-2)8(13-12-6)7-4-3-5-14-7/h3-5H,1-2H3,(H,10,11,12). The molecule has 0 bridgehead atoms. The van der Waals surface area contributed by atoms with Crippen molar-refractivity contribution in [3.05, 3.63) is 23.3 Å². The molecule has 0 amide bonds. The predicted molar refractivity (Wildman–Crippen MR) is 57.4 cm³/mol. The molecular weight excluding hydrogens is 196 g/mol. The average molecular weight is 206 g/mol. The van der Waals surface area contributed by atoms with Crippen molar-refractivity contribution in [1.29, 1.82) is 0 Å². The molecule has 2 aromatic heterocycles. The van der Waals surface area contributed by atoms with Crippen molar-refractivity contribution in [3.8, 4) is 10.6 Å². The summed E-state index contributed by atoms with van der Waals surface area (Å²) in [6, 6.07) is 3.99. The third-order valence-corrected chi connectivity index (χ3v) is 2.66. The summed E-state index contributed by atoms with van der Waals surface area (Å²) in [6.45, 7) is 1.83. The van der Waals surface area contributed by atoms with Crippen molar-refractivity contribution in [2.75, 3.05) is 12.4 Å². The summed E-state index contributed by atoms with van der Waals surface area (Å²) in [5.41, 5.74) is 0.813. The van der Waals surface area contributed by atoms with Gasteiger partial charge in [-0.1, -0.05) is 6.07 Å². The first-order chi connectivity index (χ1) is 6.81. The lowest BCUT2D eigenvalue weighted by atomic mass is 10.3. The minimum atomic E-state index is 0.676. The molecule has 2 heterocycles. The molecule has 0 saturated heterocycles. The number of hydrogen-bond donors (Lipinski definition) is 1. The SMILES string of the molecule is CNc1nc(C)nnc1-c1cccs1. The van der Waals surface area contributed by atoms with Gasteiger partial charge >= 0.3 is 0 Å². The van der Waals surface area contributed by atoms with Crippen LogP contribution < -0.4 is 5.32 Å². The van der Waals surface area contributed by atoms with Gasteiger partial charge in [-0.05, 0) is 18.4 Å². The Morgan fingerprint density at radius 3 is 2.86 bits per heavy atom. The summed E-state index contributed by atoms with van der Waals surface area (Å²) in [6.07, 6.45) is 0. The molecule has 0 saturated carbocycles. The van der Waals surface area contributed by atoms with Crippen LogP contribution in [-0.4, -0.2) is 22.2 Å². The van der Waals surface area contributed by atoms with Crippen molar-refractivity contribution in [3.63, 3.8) is 0 Å². The van der Waals surface area contributed by atoms with E-state index >= 15 is 0 Å². The Balaban J connectivity index is 2.53. The third-order valence-electron chi connectivity index (χ3n) is 1.78. The molecule has 0 spiro atoms. The maximum absolute atomic E-state index is 4.27. The topological polar surface area (TPSA) is 50.7 Å². The fourth-order valence-electron chi connectivity index (χ4n) is 1.16. The molecule has 0 aromatic carbocycles. The lowest BCUT2D eigenvalue weighted by Gasteiger charge is -2.04. The van der Waals surface area contributed by atoms with Gasteiger partial charge in [0.1, 0.15) is 11.5 Å². The van der Waals surface area contributed by atoms with Crippen LogP contribution >= 0.6 is 11.3 Å². The Morgan fingerprint density at radius 1 is 1.36 bits per heavy atom. The molecule has 0 radical (unpaired) electrons. The number of rotatable bonds is 2. The van der Waals surface area contributed by atoms with E-state index in [0.717, 1.165) is 16.4 Å². The molecule has 0 unspecified atom stereocenters. The Morgan fingerprint density at radius 2 is 2.21 bits per heavy atom. The minimum absolute atomic E-state index is 0.676. The van der Waals surface area contributed by atoms with E-state index in [1.807, 2.05) is 31.5 Å². The summed E-state index contributed by atoms with van der Waals surface area (Å²) >= 11 is 1.63. The molecule has 4 nitrogen and oxygen atoms in total. The number of anilines is 1. The Hall–Kier alpha value is -1.49. The quantitative estimate of drug-likeness (QED) is 0.816. The fraction of sp³-hybridized carbons (Fsp3) is 0.222. The Kier molecular flexibility index (Phi) is 2.41. The van der Waals surface area contributed by atoms with E-state index in [2.05, 4.69) is 20.5 Å². The highest BCUT2D eigenvalue weighted by molar-refractivity contribution is 7.13. The number of nitrogens with one attached hydrogen (secondary N) is 1. The fourth-order valence-corrected chi connectivity index (χ4v) is 1.87. The highest BCUT2D eigenvalue weighted by Gasteiger charge is 2.08. The van der Waals surface area contributed by atoms with Gasteiger partial charge < -0.3 is 5.32 Å². The second kappa shape index (κ2) is 3.71. The summed E-state index contributed by atoms with van der Waals surface area (Å²) in [4.78, 5) is 5.35.